The van der Waals surface area contributed by atoms with Crippen LogP contribution in [0.5, 0.6) is 0 Å². The Balaban J connectivity index is 2.07. The van der Waals surface area contributed by atoms with Crippen LogP contribution in [0, 0.1) is 23.6 Å². The van der Waals surface area contributed by atoms with Gasteiger partial charge in [-0.1, -0.05) is 18.8 Å². The third-order valence-electron chi connectivity index (χ3n) is 3.87. The SMILES string of the molecule is CC1CCC(NC(=O)c2cc(C#CCO)ccc2F)CC1. The van der Waals surface area contributed by atoms with Crippen LogP contribution in [0.2, 0.25) is 0 Å². The molecule has 1 aromatic rings. The highest BCUT2D eigenvalue weighted by molar-refractivity contribution is 5.95. The first-order valence-corrected chi connectivity index (χ1v) is 7.30. The molecule has 21 heavy (non-hydrogen) atoms. The Morgan fingerprint density at radius 3 is 2.76 bits per heavy atom. The molecule has 0 unspecified atom stereocenters. The Morgan fingerprint density at radius 1 is 1.38 bits per heavy atom. The summed E-state index contributed by atoms with van der Waals surface area (Å²) < 4.78 is 13.8. The summed E-state index contributed by atoms with van der Waals surface area (Å²) in [4.78, 5) is 12.2. The van der Waals surface area contributed by atoms with Crippen LogP contribution in [-0.2, 0) is 0 Å². The molecule has 0 atom stereocenters. The maximum atomic E-state index is 13.8. The minimum Gasteiger partial charge on any atom is -0.384 e. The van der Waals surface area contributed by atoms with Gasteiger partial charge in [-0.3, -0.25) is 4.79 Å². The molecular formula is C17H20FNO2. The zero-order valence-corrected chi connectivity index (χ0v) is 12.2. The van der Waals surface area contributed by atoms with E-state index in [0.29, 0.717) is 11.5 Å². The maximum absolute atomic E-state index is 13.8. The van der Waals surface area contributed by atoms with E-state index in [9.17, 15) is 9.18 Å². The van der Waals surface area contributed by atoms with Crippen molar-refractivity contribution in [3.05, 3.63) is 35.1 Å². The maximum Gasteiger partial charge on any atom is 0.254 e. The fourth-order valence-electron chi connectivity index (χ4n) is 2.59. The number of rotatable bonds is 2. The van der Waals surface area contributed by atoms with E-state index in [2.05, 4.69) is 24.1 Å². The molecule has 1 aliphatic carbocycles. The van der Waals surface area contributed by atoms with Gasteiger partial charge in [0.2, 0.25) is 0 Å². The number of aliphatic hydroxyl groups is 1. The van der Waals surface area contributed by atoms with Gasteiger partial charge < -0.3 is 10.4 Å². The van der Waals surface area contributed by atoms with Crippen LogP contribution >= 0.6 is 0 Å². The normalized spacial score (nSPS) is 21.3. The molecule has 0 saturated heterocycles. The summed E-state index contributed by atoms with van der Waals surface area (Å²) in [5.41, 5.74) is 0.534. The first kappa shape index (κ1) is 15.5. The van der Waals surface area contributed by atoms with E-state index >= 15 is 0 Å². The summed E-state index contributed by atoms with van der Waals surface area (Å²) in [6.45, 7) is 1.94. The van der Waals surface area contributed by atoms with Gasteiger partial charge in [-0.2, -0.15) is 0 Å². The number of carbonyl (C=O) groups is 1. The highest BCUT2D eigenvalue weighted by atomic mass is 19.1. The largest absolute Gasteiger partial charge is 0.384 e. The molecule has 0 aliphatic heterocycles. The lowest BCUT2D eigenvalue weighted by molar-refractivity contribution is 0.0919. The quantitative estimate of drug-likeness (QED) is 0.822. The van der Waals surface area contributed by atoms with Crippen molar-refractivity contribution in [2.24, 2.45) is 5.92 Å². The number of benzene rings is 1. The Morgan fingerprint density at radius 2 is 2.10 bits per heavy atom. The van der Waals surface area contributed by atoms with Crippen LogP contribution in [0.4, 0.5) is 4.39 Å². The van der Waals surface area contributed by atoms with Crippen molar-refractivity contribution in [3.8, 4) is 11.8 Å². The van der Waals surface area contributed by atoms with E-state index in [1.807, 2.05) is 0 Å². The summed E-state index contributed by atoms with van der Waals surface area (Å²) in [7, 11) is 0. The summed E-state index contributed by atoms with van der Waals surface area (Å²) in [6, 6.07) is 4.29. The number of hydrogen-bond donors (Lipinski definition) is 2. The van der Waals surface area contributed by atoms with Gasteiger partial charge in [0.1, 0.15) is 12.4 Å². The average Bonchev–Trinajstić information content (AvgIpc) is 2.48. The van der Waals surface area contributed by atoms with Crippen molar-refractivity contribution in [1.29, 1.82) is 0 Å². The summed E-state index contributed by atoms with van der Waals surface area (Å²) in [5.74, 6) is 4.93. The first-order valence-electron chi connectivity index (χ1n) is 7.30. The number of aliphatic hydroxyl groups excluding tert-OH is 1. The molecule has 2 N–H and O–H groups in total. The Kier molecular flexibility index (Phi) is 5.35. The van der Waals surface area contributed by atoms with Gasteiger partial charge in [-0.05, 0) is 49.8 Å². The molecule has 2 rings (SSSR count). The highest BCUT2D eigenvalue weighted by Gasteiger charge is 2.21. The lowest BCUT2D eigenvalue weighted by Gasteiger charge is -2.27. The van der Waals surface area contributed by atoms with Crippen molar-refractivity contribution >= 4 is 5.91 Å². The summed E-state index contributed by atoms with van der Waals surface area (Å²) in [6.07, 6.45) is 4.07. The molecule has 1 amide bonds. The monoisotopic (exact) mass is 289 g/mol. The summed E-state index contributed by atoms with van der Waals surface area (Å²) >= 11 is 0. The zero-order chi connectivity index (χ0) is 15.2. The molecule has 1 aromatic carbocycles. The number of nitrogens with one attached hydrogen (secondary N) is 1. The second-order valence-electron chi connectivity index (χ2n) is 5.58. The van der Waals surface area contributed by atoms with Gasteiger partial charge >= 0.3 is 0 Å². The molecule has 1 fully saturated rings. The van der Waals surface area contributed by atoms with Crippen molar-refractivity contribution in [2.45, 2.75) is 38.6 Å². The number of hydrogen-bond acceptors (Lipinski definition) is 2. The van der Waals surface area contributed by atoms with Crippen molar-refractivity contribution < 1.29 is 14.3 Å². The van der Waals surface area contributed by atoms with Crippen LogP contribution in [0.3, 0.4) is 0 Å². The van der Waals surface area contributed by atoms with E-state index in [0.717, 1.165) is 25.7 Å². The molecule has 0 radical (unpaired) electrons. The molecule has 112 valence electrons. The Hall–Kier alpha value is -1.86. The molecule has 1 saturated carbocycles. The van der Waals surface area contributed by atoms with Crippen LogP contribution in [0.15, 0.2) is 18.2 Å². The highest BCUT2D eigenvalue weighted by Crippen LogP contribution is 2.23. The van der Waals surface area contributed by atoms with Crippen LogP contribution < -0.4 is 5.32 Å². The van der Waals surface area contributed by atoms with E-state index < -0.39 is 5.82 Å². The van der Waals surface area contributed by atoms with Gasteiger partial charge in [0, 0.05) is 11.6 Å². The van der Waals surface area contributed by atoms with Crippen molar-refractivity contribution in [3.63, 3.8) is 0 Å². The standard InChI is InChI=1S/C17H20FNO2/c1-12-4-7-14(8-5-12)19-17(21)15-11-13(3-2-10-20)6-9-16(15)18/h6,9,11-12,14,20H,4-5,7-8,10H2,1H3,(H,19,21). The second-order valence-corrected chi connectivity index (χ2v) is 5.58. The van der Waals surface area contributed by atoms with E-state index in [1.165, 1.54) is 18.2 Å². The molecule has 0 heterocycles. The van der Waals surface area contributed by atoms with Gasteiger partial charge in [0.05, 0.1) is 5.56 Å². The van der Waals surface area contributed by atoms with Crippen molar-refractivity contribution in [2.75, 3.05) is 6.61 Å². The molecule has 1 aliphatic rings. The molecule has 0 spiro atoms. The lowest BCUT2D eigenvalue weighted by atomic mass is 9.87. The van der Waals surface area contributed by atoms with Gasteiger partial charge in [0.25, 0.3) is 5.91 Å². The molecule has 0 aromatic heterocycles. The fourth-order valence-corrected chi connectivity index (χ4v) is 2.59. The number of carbonyl (C=O) groups excluding carboxylic acids is 1. The van der Waals surface area contributed by atoms with Gasteiger partial charge in [-0.15, -0.1) is 0 Å². The van der Waals surface area contributed by atoms with Crippen LogP contribution in [0.25, 0.3) is 0 Å². The number of halogens is 1. The van der Waals surface area contributed by atoms with E-state index in [1.54, 1.807) is 0 Å². The number of amides is 1. The molecule has 4 heteroatoms. The van der Waals surface area contributed by atoms with Crippen LogP contribution in [0.1, 0.15) is 48.5 Å². The molecule has 0 bridgehead atoms. The third kappa shape index (κ3) is 4.30. The Bertz CT molecular complexity index is 566. The smallest absolute Gasteiger partial charge is 0.254 e. The van der Waals surface area contributed by atoms with Gasteiger partial charge in [0.15, 0.2) is 0 Å². The first-order chi connectivity index (χ1) is 10.1. The molecule has 3 nitrogen and oxygen atoms in total. The Labute approximate surface area is 124 Å². The topological polar surface area (TPSA) is 49.3 Å². The third-order valence-corrected chi connectivity index (χ3v) is 3.87. The summed E-state index contributed by atoms with van der Waals surface area (Å²) in [5, 5.41) is 11.6. The van der Waals surface area contributed by atoms with Gasteiger partial charge in [-0.25, -0.2) is 4.39 Å². The van der Waals surface area contributed by atoms with Crippen LogP contribution in [-0.4, -0.2) is 23.7 Å². The lowest BCUT2D eigenvalue weighted by Crippen LogP contribution is -2.37. The zero-order valence-electron chi connectivity index (χ0n) is 12.2. The van der Waals surface area contributed by atoms with E-state index in [4.69, 9.17) is 5.11 Å². The van der Waals surface area contributed by atoms with E-state index in [-0.39, 0.29) is 24.1 Å². The van der Waals surface area contributed by atoms with Crippen molar-refractivity contribution in [1.82, 2.24) is 5.32 Å². The minimum atomic E-state index is -0.550. The fraction of sp³-hybridized carbons (Fsp3) is 0.471. The molecular weight excluding hydrogens is 269 g/mol. The second kappa shape index (κ2) is 7.24. The predicted molar refractivity (Wildman–Crippen MR) is 79.3 cm³/mol. The predicted octanol–water partition coefficient (Wildman–Crippen LogP) is 2.48. The average molecular weight is 289 g/mol. The minimum absolute atomic E-state index is 0.0124.